The molecule has 1 amide bonds. The van der Waals surface area contributed by atoms with Gasteiger partial charge >= 0.3 is 0 Å². The number of amides is 1. The Morgan fingerprint density at radius 3 is 2.69 bits per heavy atom. The number of aryl methyl sites for hydroxylation is 1. The normalized spacial score (nSPS) is 17.1. The van der Waals surface area contributed by atoms with Gasteiger partial charge in [0.05, 0.1) is 28.3 Å². The van der Waals surface area contributed by atoms with Crippen molar-refractivity contribution < 1.29 is 17.9 Å². The van der Waals surface area contributed by atoms with E-state index >= 15 is 0 Å². The lowest BCUT2D eigenvalue weighted by Crippen LogP contribution is -2.32. The van der Waals surface area contributed by atoms with Crippen LogP contribution in [0.1, 0.15) is 47.8 Å². The summed E-state index contributed by atoms with van der Waals surface area (Å²) in [6, 6.07) is 8.70. The van der Waals surface area contributed by atoms with Gasteiger partial charge in [0.25, 0.3) is 5.91 Å². The molecule has 4 heterocycles. The predicted octanol–water partition coefficient (Wildman–Crippen LogP) is 3.66. The average Bonchev–Trinajstić information content (AvgIpc) is 2.91. The zero-order chi connectivity index (χ0) is 25.0. The lowest BCUT2D eigenvalue weighted by molar-refractivity contribution is 0.102. The van der Waals surface area contributed by atoms with Gasteiger partial charge in [-0.1, -0.05) is 0 Å². The molecule has 2 aliphatic heterocycles. The smallest absolute Gasteiger partial charge is 0.259 e. The van der Waals surface area contributed by atoms with Crippen LogP contribution < -0.4 is 19.7 Å². The zero-order valence-corrected chi connectivity index (χ0v) is 20.9. The molecule has 182 valence electrons. The van der Waals surface area contributed by atoms with Gasteiger partial charge in [-0.3, -0.25) is 4.79 Å². The molecule has 9 nitrogen and oxygen atoms in total. The molecule has 35 heavy (non-hydrogen) atoms. The van der Waals surface area contributed by atoms with E-state index in [1.807, 2.05) is 44.7 Å². The van der Waals surface area contributed by atoms with E-state index in [4.69, 9.17) is 4.74 Å². The van der Waals surface area contributed by atoms with Crippen LogP contribution in [0.4, 0.5) is 17.3 Å². The first-order valence-electron chi connectivity index (χ1n) is 11.5. The van der Waals surface area contributed by atoms with E-state index in [0.29, 0.717) is 53.8 Å². The third kappa shape index (κ3) is 4.02. The number of rotatable bonds is 5. The predicted molar refractivity (Wildman–Crippen MR) is 133 cm³/mol. The number of sulfonamides is 1. The van der Waals surface area contributed by atoms with Gasteiger partial charge in [0.15, 0.2) is 5.82 Å². The molecule has 0 fully saturated rings. The van der Waals surface area contributed by atoms with Gasteiger partial charge in [-0.15, -0.1) is 0 Å². The SMILES string of the molecule is CCN1c2ncc(CCOc3ccc4c(c3)C(C)(C)NS4(=O)=O)cc2C(=O)Nc2c(C)ccnc21. The Balaban J connectivity index is 1.35. The second-order valence-corrected chi connectivity index (χ2v) is 10.9. The van der Waals surface area contributed by atoms with E-state index in [1.165, 1.54) is 0 Å². The molecule has 0 atom stereocenters. The van der Waals surface area contributed by atoms with Crippen molar-refractivity contribution in [3.8, 4) is 5.75 Å². The van der Waals surface area contributed by atoms with Gasteiger partial charge < -0.3 is 15.0 Å². The van der Waals surface area contributed by atoms with E-state index < -0.39 is 15.6 Å². The Morgan fingerprint density at radius 1 is 1.11 bits per heavy atom. The van der Waals surface area contributed by atoms with Gasteiger partial charge in [-0.2, -0.15) is 0 Å². The number of fused-ring (bicyclic) bond motifs is 3. The summed E-state index contributed by atoms with van der Waals surface area (Å²) in [6.45, 7) is 8.53. The molecule has 10 heteroatoms. The van der Waals surface area contributed by atoms with Crippen LogP contribution in [0.2, 0.25) is 0 Å². The van der Waals surface area contributed by atoms with Gasteiger partial charge in [-0.25, -0.2) is 23.1 Å². The maximum absolute atomic E-state index is 13.1. The monoisotopic (exact) mass is 493 g/mol. The van der Waals surface area contributed by atoms with E-state index in [-0.39, 0.29) is 10.8 Å². The van der Waals surface area contributed by atoms with Gasteiger partial charge in [0.2, 0.25) is 10.0 Å². The summed E-state index contributed by atoms with van der Waals surface area (Å²) in [4.78, 5) is 24.4. The highest BCUT2D eigenvalue weighted by molar-refractivity contribution is 7.89. The maximum atomic E-state index is 13.1. The van der Waals surface area contributed by atoms with Gasteiger partial charge in [0, 0.05) is 25.4 Å². The van der Waals surface area contributed by atoms with Crippen LogP contribution in [0.5, 0.6) is 5.75 Å². The highest BCUT2D eigenvalue weighted by Crippen LogP contribution is 2.38. The van der Waals surface area contributed by atoms with Gasteiger partial charge in [-0.05, 0) is 74.7 Å². The zero-order valence-electron chi connectivity index (χ0n) is 20.0. The lowest BCUT2D eigenvalue weighted by Gasteiger charge is -2.22. The van der Waals surface area contributed by atoms with Crippen LogP contribution in [-0.2, 0) is 22.0 Å². The highest BCUT2D eigenvalue weighted by Gasteiger charge is 2.40. The topological polar surface area (TPSA) is 114 Å². The van der Waals surface area contributed by atoms with Crippen molar-refractivity contribution in [1.82, 2.24) is 14.7 Å². The molecule has 0 bridgehead atoms. The number of anilines is 3. The summed E-state index contributed by atoms with van der Waals surface area (Å²) in [7, 11) is -3.50. The Kier molecular flexibility index (Phi) is 5.52. The number of nitrogens with one attached hydrogen (secondary N) is 2. The molecule has 2 aromatic heterocycles. The fraction of sp³-hybridized carbons (Fsp3) is 0.320. The number of hydrogen-bond donors (Lipinski definition) is 2. The lowest BCUT2D eigenvalue weighted by atomic mass is 9.96. The number of nitrogens with zero attached hydrogens (tertiary/aromatic N) is 3. The molecule has 2 aliphatic rings. The van der Waals surface area contributed by atoms with Crippen LogP contribution in [0.15, 0.2) is 47.6 Å². The Morgan fingerprint density at radius 2 is 1.91 bits per heavy atom. The van der Waals surface area contributed by atoms with Crippen LogP contribution in [0, 0.1) is 6.92 Å². The number of carbonyl (C=O) groups is 1. The Hall–Kier alpha value is -3.50. The number of pyridine rings is 2. The third-order valence-corrected chi connectivity index (χ3v) is 8.05. The minimum atomic E-state index is -3.50. The van der Waals surface area contributed by atoms with Gasteiger partial charge in [0.1, 0.15) is 11.6 Å². The van der Waals surface area contributed by atoms with E-state index in [2.05, 4.69) is 20.0 Å². The van der Waals surface area contributed by atoms with E-state index in [9.17, 15) is 13.2 Å². The first-order chi connectivity index (χ1) is 16.6. The summed E-state index contributed by atoms with van der Waals surface area (Å²) in [6.07, 6.45) is 4.01. The molecule has 3 aromatic rings. The standard InChI is InChI=1S/C25H27N5O4S/c1-5-30-22-18(24(31)28-21-15(2)8-10-26-23(21)30)12-16(14-27-22)9-11-34-17-6-7-20-19(13-17)25(3,4)29-35(20,32)33/h6-8,10,12-14,29H,5,9,11H2,1-4H3,(H,28,31). The average molecular weight is 494 g/mol. The molecule has 5 rings (SSSR count). The first-order valence-corrected chi connectivity index (χ1v) is 12.9. The molecule has 2 N–H and O–H groups in total. The van der Waals surface area contributed by atoms with Crippen molar-refractivity contribution in [3.63, 3.8) is 0 Å². The Bertz CT molecular complexity index is 1450. The fourth-order valence-corrected chi connectivity index (χ4v) is 6.30. The molecule has 0 radical (unpaired) electrons. The molecule has 1 aromatic carbocycles. The highest BCUT2D eigenvalue weighted by atomic mass is 32.2. The Labute approximate surface area is 204 Å². The summed E-state index contributed by atoms with van der Waals surface area (Å²) in [5.74, 6) is 1.61. The van der Waals surface area contributed by atoms with E-state index in [1.54, 1.807) is 30.6 Å². The van der Waals surface area contributed by atoms with Crippen LogP contribution in [0.3, 0.4) is 0 Å². The molecule has 0 aliphatic carbocycles. The second-order valence-electron chi connectivity index (χ2n) is 9.23. The number of carbonyl (C=O) groups excluding carboxylic acids is 1. The molecular weight excluding hydrogens is 466 g/mol. The van der Waals surface area contributed by atoms with E-state index in [0.717, 1.165) is 11.1 Å². The van der Waals surface area contributed by atoms with Crippen LogP contribution in [-0.4, -0.2) is 37.4 Å². The van der Waals surface area contributed by atoms with Crippen molar-refractivity contribution in [2.24, 2.45) is 0 Å². The number of benzene rings is 1. The molecule has 0 saturated carbocycles. The van der Waals surface area contributed by atoms with Crippen molar-refractivity contribution in [2.45, 2.75) is 44.6 Å². The molecular formula is C25H27N5O4S. The van der Waals surface area contributed by atoms with Crippen molar-refractivity contribution in [2.75, 3.05) is 23.4 Å². The minimum Gasteiger partial charge on any atom is -0.493 e. The summed E-state index contributed by atoms with van der Waals surface area (Å²) >= 11 is 0. The van der Waals surface area contributed by atoms with Crippen molar-refractivity contribution in [1.29, 1.82) is 0 Å². The molecule has 0 unspecified atom stereocenters. The quantitative estimate of drug-likeness (QED) is 0.558. The first kappa shape index (κ1) is 23.3. The number of ether oxygens (including phenoxy) is 1. The largest absolute Gasteiger partial charge is 0.493 e. The number of hydrogen-bond acceptors (Lipinski definition) is 7. The second kappa shape index (κ2) is 8.31. The summed E-state index contributed by atoms with van der Waals surface area (Å²) in [5.41, 5.74) is 2.95. The summed E-state index contributed by atoms with van der Waals surface area (Å²) in [5, 5.41) is 2.99. The third-order valence-electron chi connectivity index (χ3n) is 6.34. The van der Waals surface area contributed by atoms with Crippen LogP contribution in [0.25, 0.3) is 0 Å². The summed E-state index contributed by atoms with van der Waals surface area (Å²) < 4.78 is 33.2. The maximum Gasteiger partial charge on any atom is 0.259 e. The minimum absolute atomic E-state index is 0.224. The molecule has 0 saturated heterocycles. The van der Waals surface area contributed by atoms with Crippen molar-refractivity contribution >= 4 is 33.3 Å². The molecule has 0 spiro atoms. The van der Waals surface area contributed by atoms with Crippen LogP contribution >= 0.6 is 0 Å². The number of aromatic nitrogens is 2. The fourth-order valence-electron chi connectivity index (χ4n) is 4.56. The van der Waals surface area contributed by atoms with Crippen molar-refractivity contribution in [3.05, 3.63) is 65.0 Å².